The van der Waals surface area contributed by atoms with Crippen LogP contribution in [0.1, 0.15) is 26.2 Å². The van der Waals surface area contributed by atoms with Crippen LogP contribution in [0.15, 0.2) is 12.2 Å². The van der Waals surface area contributed by atoms with Gasteiger partial charge >= 0.3 is 11.9 Å². The largest absolute Gasteiger partial charge is 0.468 e. The van der Waals surface area contributed by atoms with Crippen LogP contribution in [0.3, 0.4) is 0 Å². The van der Waals surface area contributed by atoms with Crippen molar-refractivity contribution >= 4 is 11.9 Å². The summed E-state index contributed by atoms with van der Waals surface area (Å²) >= 11 is 0. The molecule has 0 aromatic carbocycles. The van der Waals surface area contributed by atoms with Crippen molar-refractivity contribution in [2.45, 2.75) is 26.2 Å². The number of allylic oxidation sites excluding steroid dienone is 1. The number of hydrogen-bond donors (Lipinski definition) is 0. The van der Waals surface area contributed by atoms with Crippen molar-refractivity contribution in [3.05, 3.63) is 12.2 Å². The highest BCUT2D eigenvalue weighted by atomic mass is 16.5. The fourth-order valence-corrected chi connectivity index (χ4v) is 2.39. The van der Waals surface area contributed by atoms with E-state index in [1.807, 2.05) is 6.92 Å². The lowest BCUT2D eigenvalue weighted by molar-refractivity contribution is -0.168. The van der Waals surface area contributed by atoms with Crippen LogP contribution < -0.4 is 0 Å². The van der Waals surface area contributed by atoms with Gasteiger partial charge < -0.3 is 9.47 Å². The zero-order valence-electron chi connectivity index (χ0n) is 10.0. The lowest BCUT2D eigenvalue weighted by Gasteiger charge is -2.22. The Morgan fingerprint density at radius 1 is 1.38 bits per heavy atom. The summed E-state index contributed by atoms with van der Waals surface area (Å²) in [6, 6.07) is 0. The van der Waals surface area contributed by atoms with E-state index in [0.717, 1.165) is 12.0 Å². The first-order valence-electron chi connectivity index (χ1n) is 5.36. The third kappa shape index (κ3) is 1.84. The second-order valence-electron chi connectivity index (χ2n) is 4.21. The molecular formula is C12H18O4. The van der Waals surface area contributed by atoms with Gasteiger partial charge in [0.15, 0.2) is 5.41 Å². The van der Waals surface area contributed by atoms with Crippen molar-refractivity contribution in [3.63, 3.8) is 0 Å². The highest BCUT2D eigenvalue weighted by molar-refractivity contribution is 6.01. The molecule has 4 heteroatoms. The lowest BCUT2D eigenvalue weighted by Crippen LogP contribution is -2.39. The van der Waals surface area contributed by atoms with Crippen LogP contribution in [0.5, 0.6) is 0 Å². The van der Waals surface area contributed by atoms with E-state index in [-0.39, 0.29) is 5.92 Å². The molecule has 1 aliphatic rings. The van der Waals surface area contributed by atoms with Gasteiger partial charge in [-0.25, -0.2) is 0 Å². The second-order valence-corrected chi connectivity index (χ2v) is 4.21. The van der Waals surface area contributed by atoms with E-state index in [4.69, 9.17) is 9.47 Å². The molecule has 0 aliphatic heterocycles. The molecule has 0 heterocycles. The number of hydrogen-bond acceptors (Lipinski definition) is 4. The molecule has 0 aromatic rings. The summed E-state index contributed by atoms with van der Waals surface area (Å²) in [5, 5.41) is 0. The Labute approximate surface area is 95.6 Å². The van der Waals surface area contributed by atoms with Crippen molar-refractivity contribution in [1.29, 1.82) is 0 Å². The molecule has 0 bridgehead atoms. The van der Waals surface area contributed by atoms with E-state index in [1.54, 1.807) is 0 Å². The van der Waals surface area contributed by atoms with Crippen LogP contribution in [0.4, 0.5) is 0 Å². The lowest BCUT2D eigenvalue weighted by atomic mass is 9.85. The van der Waals surface area contributed by atoms with Crippen LogP contribution in [0.2, 0.25) is 0 Å². The minimum atomic E-state index is -1.17. The quantitative estimate of drug-likeness (QED) is 0.417. The van der Waals surface area contributed by atoms with Crippen molar-refractivity contribution in [2.24, 2.45) is 11.3 Å². The Kier molecular flexibility index (Phi) is 3.73. The fourth-order valence-electron chi connectivity index (χ4n) is 2.39. The van der Waals surface area contributed by atoms with Crippen molar-refractivity contribution < 1.29 is 19.1 Å². The molecule has 0 amide bonds. The third-order valence-electron chi connectivity index (χ3n) is 3.35. The number of carbonyl (C=O) groups excluding carboxylic acids is 2. The molecule has 0 radical (unpaired) electrons. The Morgan fingerprint density at radius 3 is 2.19 bits per heavy atom. The zero-order chi connectivity index (χ0) is 12.3. The van der Waals surface area contributed by atoms with Gasteiger partial charge in [0.25, 0.3) is 0 Å². The summed E-state index contributed by atoms with van der Waals surface area (Å²) in [6.45, 7) is 5.93. The van der Waals surface area contributed by atoms with E-state index >= 15 is 0 Å². The van der Waals surface area contributed by atoms with E-state index in [2.05, 4.69) is 6.58 Å². The molecule has 0 spiro atoms. The Morgan fingerprint density at radius 2 is 1.88 bits per heavy atom. The summed E-state index contributed by atoms with van der Waals surface area (Å²) in [7, 11) is 2.57. The number of esters is 2. The Hall–Kier alpha value is -1.32. The van der Waals surface area contributed by atoms with E-state index in [1.165, 1.54) is 14.2 Å². The molecule has 4 nitrogen and oxygen atoms in total. The number of ether oxygens (including phenoxy) is 2. The first-order chi connectivity index (χ1) is 7.51. The van der Waals surface area contributed by atoms with E-state index in [0.29, 0.717) is 12.8 Å². The van der Waals surface area contributed by atoms with Crippen LogP contribution >= 0.6 is 0 Å². The maximum Gasteiger partial charge on any atom is 0.323 e. The predicted molar refractivity (Wildman–Crippen MR) is 58.6 cm³/mol. The van der Waals surface area contributed by atoms with Crippen LogP contribution in [0.25, 0.3) is 0 Å². The Bertz CT molecular complexity index is 303. The molecular weight excluding hydrogens is 208 g/mol. The van der Waals surface area contributed by atoms with E-state index < -0.39 is 17.4 Å². The molecule has 1 saturated carbocycles. The fraction of sp³-hybridized carbons (Fsp3) is 0.667. The number of methoxy groups -OCH3 is 2. The van der Waals surface area contributed by atoms with Gasteiger partial charge in [0.1, 0.15) is 0 Å². The van der Waals surface area contributed by atoms with E-state index in [9.17, 15) is 9.59 Å². The van der Waals surface area contributed by atoms with Gasteiger partial charge in [-0.1, -0.05) is 19.1 Å². The first-order valence-corrected chi connectivity index (χ1v) is 5.36. The average molecular weight is 226 g/mol. The molecule has 1 atom stereocenters. The van der Waals surface area contributed by atoms with Crippen LogP contribution in [0, 0.1) is 11.3 Å². The van der Waals surface area contributed by atoms with Gasteiger partial charge in [-0.15, -0.1) is 0 Å². The topological polar surface area (TPSA) is 52.6 Å². The Balaban J connectivity index is 3.04. The van der Waals surface area contributed by atoms with Gasteiger partial charge in [-0.2, -0.15) is 0 Å². The highest BCUT2D eigenvalue weighted by Gasteiger charge is 2.54. The summed E-state index contributed by atoms with van der Waals surface area (Å²) in [5.41, 5.74) is -0.236. The van der Waals surface area contributed by atoms with Gasteiger partial charge in [0, 0.05) is 0 Å². The van der Waals surface area contributed by atoms with Crippen LogP contribution in [-0.2, 0) is 19.1 Å². The summed E-state index contributed by atoms with van der Waals surface area (Å²) in [6.07, 6.45) is 1.65. The SMILES string of the molecule is C=C1CC(C(=O)OC)(C(=O)OC)CC1CC. The molecule has 0 aromatic heterocycles. The third-order valence-corrected chi connectivity index (χ3v) is 3.35. The van der Waals surface area contributed by atoms with Crippen molar-refractivity contribution in [2.75, 3.05) is 14.2 Å². The normalized spacial score (nSPS) is 22.9. The summed E-state index contributed by atoms with van der Waals surface area (Å²) < 4.78 is 9.44. The number of carbonyl (C=O) groups is 2. The maximum atomic E-state index is 11.8. The molecule has 1 rings (SSSR count). The van der Waals surface area contributed by atoms with Gasteiger partial charge in [-0.3, -0.25) is 9.59 Å². The average Bonchev–Trinajstić information content (AvgIpc) is 2.65. The predicted octanol–water partition coefficient (Wildman–Crippen LogP) is 1.70. The molecule has 1 aliphatic carbocycles. The zero-order valence-corrected chi connectivity index (χ0v) is 10.0. The first kappa shape index (κ1) is 12.7. The van der Waals surface area contributed by atoms with Crippen LogP contribution in [-0.4, -0.2) is 26.2 Å². The minimum Gasteiger partial charge on any atom is -0.468 e. The summed E-state index contributed by atoms with van der Waals surface area (Å²) in [4.78, 5) is 23.6. The summed E-state index contributed by atoms with van der Waals surface area (Å²) in [5.74, 6) is -0.842. The molecule has 16 heavy (non-hydrogen) atoms. The molecule has 0 N–H and O–H groups in total. The molecule has 90 valence electrons. The minimum absolute atomic E-state index is 0.193. The monoisotopic (exact) mass is 226 g/mol. The molecule has 0 saturated heterocycles. The maximum absolute atomic E-state index is 11.8. The molecule has 1 unspecified atom stereocenters. The highest BCUT2D eigenvalue weighted by Crippen LogP contribution is 2.47. The second kappa shape index (κ2) is 4.68. The molecule has 1 fully saturated rings. The van der Waals surface area contributed by atoms with Gasteiger partial charge in [0.2, 0.25) is 0 Å². The van der Waals surface area contributed by atoms with Gasteiger partial charge in [0.05, 0.1) is 14.2 Å². The van der Waals surface area contributed by atoms with Gasteiger partial charge in [-0.05, 0) is 25.2 Å². The smallest absolute Gasteiger partial charge is 0.323 e. The standard InChI is InChI=1S/C12H18O4/c1-5-9-7-12(6-8(9)2,10(13)15-3)11(14)16-4/h9H,2,5-7H2,1,3-4H3. The van der Waals surface area contributed by atoms with Crippen molar-refractivity contribution in [3.8, 4) is 0 Å². The number of rotatable bonds is 3. The van der Waals surface area contributed by atoms with Crippen molar-refractivity contribution in [1.82, 2.24) is 0 Å².